The molecule has 0 spiro atoms. The highest BCUT2D eigenvalue weighted by molar-refractivity contribution is 7.12. The summed E-state index contributed by atoms with van der Waals surface area (Å²) in [5.74, 6) is -0.663. The fourth-order valence-electron chi connectivity index (χ4n) is 4.03. The molecular weight excluding hydrogens is 452 g/mol. The summed E-state index contributed by atoms with van der Waals surface area (Å²) in [5.41, 5.74) is 1.23. The fourth-order valence-corrected chi connectivity index (χ4v) is 4.71. The molecule has 0 N–H and O–H groups in total. The third kappa shape index (κ3) is 4.70. The molecule has 1 aliphatic rings. The highest BCUT2D eigenvalue weighted by Gasteiger charge is 2.34. The van der Waals surface area contributed by atoms with E-state index in [9.17, 15) is 14.4 Å². The summed E-state index contributed by atoms with van der Waals surface area (Å²) < 4.78 is 5.20. The van der Waals surface area contributed by atoms with Gasteiger partial charge in [0, 0.05) is 31.2 Å². The molecule has 0 radical (unpaired) electrons. The Bertz CT molecular complexity index is 1200. The van der Waals surface area contributed by atoms with Crippen molar-refractivity contribution in [1.82, 2.24) is 19.8 Å². The Kier molecular flexibility index (Phi) is 7.02. The molecule has 3 heterocycles. The van der Waals surface area contributed by atoms with Crippen LogP contribution in [-0.4, -0.2) is 69.8 Å². The third-order valence-corrected chi connectivity index (χ3v) is 6.57. The zero-order valence-electron chi connectivity index (χ0n) is 19.4. The van der Waals surface area contributed by atoms with Crippen LogP contribution in [0.2, 0.25) is 0 Å². The molecule has 3 aromatic rings. The van der Waals surface area contributed by atoms with Gasteiger partial charge in [-0.15, -0.1) is 11.3 Å². The Morgan fingerprint density at radius 1 is 1.06 bits per heavy atom. The molecule has 1 atom stereocenters. The minimum atomic E-state index is -0.623. The van der Waals surface area contributed by atoms with E-state index in [1.807, 2.05) is 48.7 Å². The maximum absolute atomic E-state index is 13.6. The van der Waals surface area contributed by atoms with E-state index in [1.54, 1.807) is 29.7 Å². The summed E-state index contributed by atoms with van der Waals surface area (Å²) in [6.45, 7) is 6.55. The number of hydrogen-bond acceptors (Lipinski definition) is 7. The van der Waals surface area contributed by atoms with Crippen LogP contribution in [0.4, 0.5) is 0 Å². The molecule has 2 amide bonds. The molecule has 34 heavy (non-hydrogen) atoms. The number of benzene rings is 1. The van der Waals surface area contributed by atoms with Crippen molar-refractivity contribution in [2.75, 3.05) is 26.2 Å². The zero-order chi connectivity index (χ0) is 24.2. The molecule has 0 aliphatic carbocycles. The van der Waals surface area contributed by atoms with Gasteiger partial charge in [0.25, 0.3) is 11.8 Å². The first-order chi connectivity index (χ1) is 16.4. The number of hydrogen-bond donors (Lipinski definition) is 0. The first-order valence-corrected chi connectivity index (χ1v) is 12.0. The van der Waals surface area contributed by atoms with Gasteiger partial charge in [0.1, 0.15) is 11.3 Å². The molecule has 1 unspecified atom stereocenters. The summed E-state index contributed by atoms with van der Waals surface area (Å²) in [5, 5.41) is 1.87. The molecule has 4 rings (SSSR count). The third-order valence-electron chi connectivity index (χ3n) is 5.71. The highest BCUT2D eigenvalue weighted by Crippen LogP contribution is 2.23. The van der Waals surface area contributed by atoms with Gasteiger partial charge in [0.15, 0.2) is 5.82 Å². The number of rotatable bonds is 5. The Labute approximate surface area is 202 Å². The number of ether oxygens (including phenoxy) is 1. The minimum Gasteiger partial charge on any atom is -0.462 e. The predicted molar refractivity (Wildman–Crippen MR) is 129 cm³/mol. The zero-order valence-corrected chi connectivity index (χ0v) is 20.2. The molecule has 0 saturated carbocycles. The molecule has 9 heteroatoms. The number of carbonyl (C=O) groups excluding carboxylic acids is 3. The number of esters is 1. The molecule has 1 saturated heterocycles. The summed E-state index contributed by atoms with van der Waals surface area (Å²) in [6.07, 6.45) is 0. The summed E-state index contributed by atoms with van der Waals surface area (Å²) in [4.78, 5) is 52.3. The maximum atomic E-state index is 13.6. The molecule has 2 aromatic heterocycles. The van der Waals surface area contributed by atoms with Crippen LogP contribution in [0, 0.1) is 6.92 Å². The topological polar surface area (TPSA) is 92.7 Å². The van der Waals surface area contributed by atoms with Crippen LogP contribution in [0.15, 0.2) is 47.8 Å². The molecule has 1 aromatic carbocycles. The van der Waals surface area contributed by atoms with Crippen molar-refractivity contribution in [3.05, 3.63) is 69.7 Å². The van der Waals surface area contributed by atoms with Crippen molar-refractivity contribution in [3.8, 4) is 11.4 Å². The van der Waals surface area contributed by atoms with Crippen molar-refractivity contribution in [3.63, 3.8) is 0 Å². The van der Waals surface area contributed by atoms with Gasteiger partial charge in [-0.2, -0.15) is 0 Å². The van der Waals surface area contributed by atoms with Gasteiger partial charge < -0.3 is 14.5 Å². The molecule has 176 valence electrons. The lowest BCUT2D eigenvalue weighted by Gasteiger charge is -2.39. The van der Waals surface area contributed by atoms with E-state index >= 15 is 0 Å². The van der Waals surface area contributed by atoms with E-state index < -0.39 is 5.97 Å². The van der Waals surface area contributed by atoms with E-state index in [0.717, 1.165) is 5.56 Å². The van der Waals surface area contributed by atoms with Crippen molar-refractivity contribution < 1.29 is 19.1 Å². The molecule has 0 bridgehead atoms. The van der Waals surface area contributed by atoms with Gasteiger partial charge >= 0.3 is 5.97 Å². The maximum Gasteiger partial charge on any atom is 0.342 e. The van der Waals surface area contributed by atoms with Crippen LogP contribution < -0.4 is 0 Å². The van der Waals surface area contributed by atoms with E-state index in [-0.39, 0.29) is 35.7 Å². The SMILES string of the molecule is CCOC(=O)c1c(C)nc(-c2ccccc2)nc1C(=O)N1CCN(C(=O)c2cccs2)C(C)C1. The standard InChI is InChI=1S/C25H26N4O4S/c1-4-33-25(32)20-17(3)26-22(18-9-6-5-7-10-18)27-21(20)24(31)28-12-13-29(16(2)15-28)23(30)19-11-8-14-34-19/h5-11,14,16H,4,12-13,15H2,1-3H3. The average molecular weight is 479 g/mol. The van der Waals surface area contributed by atoms with Crippen LogP contribution in [0.5, 0.6) is 0 Å². The van der Waals surface area contributed by atoms with E-state index in [4.69, 9.17) is 4.74 Å². The quantitative estimate of drug-likeness (QED) is 0.520. The summed E-state index contributed by atoms with van der Waals surface area (Å²) in [6, 6.07) is 12.8. The molecule has 1 fully saturated rings. The second kappa shape index (κ2) is 10.1. The van der Waals surface area contributed by atoms with Gasteiger partial charge in [-0.3, -0.25) is 9.59 Å². The first-order valence-electron chi connectivity index (χ1n) is 11.2. The largest absolute Gasteiger partial charge is 0.462 e. The Morgan fingerprint density at radius 2 is 1.82 bits per heavy atom. The number of nitrogens with zero attached hydrogens (tertiary/aromatic N) is 4. The lowest BCUT2D eigenvalue weighted by molar-refractivity contribution is 0.0409. The fraction of sp³-hybridized carbons (Fsp3) is 0.320. The number of amides is 2. The van der Waals surface area contributed by atoms with Crippen LogP contribution >= 0.6 is 11.3 Å². The number of aromatic nitrogens is 2. The van der Waals surface area contributed by atoms with Crippen LogP contribution in [0.1, 0.15) is 50.1 Å². The van der Waals surface area contributed by atoms with E-state index in [2.05, 4.69) is 9.97 Å². The molecular formula is C25H26N4O4S. The van der Waals surface area contributed by atoms with Gasteiger partial charge in [-0.25, -0.2) is 14.8 Å². The highest BCUT2D eigenvalue weighted by atomic mass is 32.1. The van der Waals surface area contributed by atoms with Gasteiger partial charge in [0.05, 0.1) is 17.2 Å². The average Bonchev–Trinajstić information content (AvgIpc) is 3.38. The monoisotopic (exact) mass is 478 g/mol. The van der Waals surface area contributed by atoms with E-state index in [0.29, 0.717) is 36.0 Å². The lowest BCUT2D eigenvalue weighted by atomic mass is 10.1. The number of thiophene rings is 1. The Balaban J connectivity index is 1.64. The van der Waals surface area contributed by atoms with Crippen molar-refractivity contribution in [2.45, 2.75) is 26.8 Å². The van der Waals surface area contributed by atoms with Crippen LogP contribution in [0.3, 0.4) is 0 Å². The minimum absolute atomic E-state index is 0.0232. The first kappa shape index (κ1) is 23.6. The predicted octanol–water partition coefficient (Wildman–Crippen LogP) is 3.68. The number of piperazine rings is 1. The second-order valence-corrected chi connectivity index (χ2v) is 8.97. The van der Waals surface area contributed by atoms with Crippen molar-refractivity contribution in [2.24, 2.45) is 0 Å². The lowest BCUT2D eigenvalue weighted by Crippen LogP contribution is -2.55. The van der Waals surface area contributed by atoms with Gasteiger partial charge in [-0.1, -0.05) is 36.4 Å². The summed E-state index contributed by atoms with van der Waals surface area (Å²) >= 11 is 1.40. The molecule has 1 aliphatic heterocycles. The van der Waals surface area contributed by atoms with Gasteiger partial charge in [0.2, 0.25) is 0 Å². The normalized spacial score (nSPS) is 15.8. The van der Waals surface area contributed by atoms with Crippen molar-refractivity contribution in [1.29, 1.82) is 0 Å². The Hall–Kier alpha value is -3.59. The summed E-state index contributed by atoms with van der Waals surface area (Å²) in [7, 11) is 0. The van der Waals surface area contributed by atoms with Gasteiger partial charge in [-0.05, 0) is 32.2 Å². The smallest absolute Gasteiger partial charge is 0.342 e. The number of aryl methyl sites for hydroxylation is 1. The van der Waals surface area contributed by atoms with Crippen LogP contribution in [0.25, 0.3) is 11.4 Å². The molecule has 8 nitrogen and oxygen atoms in total. The van der Waals surface area contributed by atoms with E-state index in [1.165, 1.54) is 11.3 Å². The number of carbonyl (C=O) groups is 3. The van der Waals surface area contributed by atoms with Crippen molar-refractivity contribution >= 4 is 29.1 Å². The van der Waals surface area contributed by atoms with Crippen LogP contribution in [-0.2, 0) is 4.74 Å². The second-order valence-electron chi connectivity index (χ2n) is 8.02. The Morgan fingerprint density at radius 3 is 2.47 bits per heavy atom.